The average molecular weight is 268 g/mol. The monoisotopic (exact) mass is 268 g/mol. The van der Waals surface area contributed by atoms with Crippen molar-refractivity contribution in [2.45, 2.75) is 37.2 Å². The molecule has 2 unspecified atom stereocenters. The first-order valence-corrected chi connectivity index (χ1v) is 7.49. The van der Waals surface area contributed by atoms with Gasteiger partial charge in [-0.25, -0.2) is 0 Å². The summed E-state index contributed by atoms with van der Waals surface area (Å²) < 4.78 is 2.78. The molecule has 0 aromatic rings. The number of alkyl halides is 2. The van der Waals surface area contributed by atoms with Crippen LogP contribution in [-0.4, -0.2) is 32.4 Å². The van der Waals surface area contributed by atoms with Gasteiger partial charge in [0.25, 0.3) is 0 Å². The van der Waals surface area contributed by atoms with Crippen LogP contribution < -0.4 is 21.2 Å². The first-order valence-electron chi connectivity index (χ1n) is 4.72. The maximum absolute atomic E-state index is 2.66. The summed E-state index contributed by atoms with van der Waals surface area (Å²) in [5.41, 5.74) is 0. The number of likely N-dealkylation sites (tertiary alicyclic amines) is 1. The van der Waals surface area contributed by atoms with E-state index in [9.17, 15) is 0 Å². The Bertz CT molecular complexity index is 116. The Balaban J connectivity index is 0.000000281. The van der Waals surface area contributed by atoms with Gasteiger partial charge in [0.2, 0.25) is 0 Å². The molecule has 0 aromatic carbocycles. The molecule has 0 amide bonds. The van der Waals surface area contributed by atoms with E-state index in [4.69, 9.17) is 0 Å². The normalized spacial score (nSPS) is 35.9. The van der Waals surface area contributed by atoms with Gasteiger partial charge < -0.3 is 0 Å². The predicted molar refractivity (Wildman–Crippen MR) is 45.7 cm³/mol. The number of halogens is 1. The molecule has 0 radical (unpaired) electrons. The Morgan fingerprint density at radius 3 is 2.45 bits per heavy atom. The standard InChI is InChI=1S/C7H13IN.C2H6/c1-2-9-5-6-3-7(9)4-8-6;1-2/h6-7H,2-5H2,1H3;1-2H3/q-1;. The Hall–Kier alpha value is 0.690. The van der Waals surface area contributed by atoms with Crippen LogP contribution in [0.5, 0.6) is 0 Å². The minimum atomic E-state index is 0.651. The SMILES string of the molecule is CC.CCN1CC2CC1C[I-]2. The predicted octanol–water partition coefficient (Wildman–Crippen LogP) is -1.42. The molecule has 0 saturated carbocycles. The second kappa shape index (κ2) is 4.65. The number of fused-ring (bicyclic) bond motifs is 2. The number of rotatable bonds is 1. The molecule has 2 bridgehead atoms. The van der Waals surface area contributed by atoms with E-state index in [-0.39, 0.29) is 0 Å². The fourth-order valence-corrected chi connectivity index (χ4v) is 5.76. The molecular weight excluding hydrogens is 249 g/mol. The molecular formula is C9H19IN-. The Morgan fingerprint density at radius 2 is 2.18 bits per heavy atom. The Morgan fingerprint density at radius 1 is 1.45 bits per heavy atom. The van der Waals surface area contributed by atoms with Gasteiger partial charge >= 0.3 is 66.9 Å². The number of nitrogens with zero attached hydrogens (tertiary/aromatic N) is 1. The van der Waals surface area contributed by atoms with Crippen LogP contribution in [0.4, 0.5) is 0 Å². The molecule has 2 aliphatic heterocycles. The van der Waals surface area contributed by atoms with Crippen molar-refractivity contribution in [2.24, 2.45) is 0 Å². The molecule has 0 spiro atoms. The van der Waals surface area contributed by atoms with Crippen molar-refractivity contribution in [2.75, 3.05) is 17.5 Å². The zero-order valence-corrected chi connectivity index (χ0v) is 9.97. The molecule has 2 fully saturated rings. The molecule has 2 rings (SSSR count). The van der Waals surface area contributed by atoms with Gasteiger partial charge in [0.1, 0.15) is 0 Å². The summed E-state index contributed by atoms with van der Waals surface area (Å²) in [6.07, 6.45) is 1.56. The maximum atomic E-state index is 2.66. The second-order valence-electron chi connectivity index (χ2n) is 2.88. The van der Waals surface area contributed by atoms with E-state index in [0.717, 1.165) is 6.04 Å². The molecule has 2 heterocycles. The van der Waals surface area contributed by atoms with Crippen LogP contribution in [0, 0.1) is 0 Å². The van der Waals surface area contributed by atoms with Gasteiger partial charge in [-0.3, -0.25) is 0 Å². The first-order chi connectivity index (χ1) is 5.40. The van der Waals surface area contributed by atoms with Gasteiger partial charge in [-0.2, -0.15) is 0 Å². The summed E-state index contributed by atoms with van der Waals surface area (Å²) in [5, 5.41) is 0. The van der Waals surface area contributed by atoms with Crippen LogP contribution >= 0.6 is 0 Å². The molecule has 2 heteroatoms. The van der Waals surface area contributed by atoms with Crippen LogP contribution in [0.25, 0.3) is 0 Å². The van der Waals surface area contributed by atoms with Crippen molar-refractivity contribution in [1.29, 1.82) is 0 Å². The summed E-state index contributed by atoms with van der Waals surface area (Å²) in [4.78, 5) is 2.66. The summed E-state index contributed by atoms with van der Waals surface area (Å²) >= 11 is 0.651. The van der Waals surface area contributed by atoms with E-state index in [2.05, 4.69) is 11.8 Å². The van der Waals surface area contributed by atoms with Crippen molar-refractivity contribution in [3.05, 3.63) is 0 Å². The molecule has 2 saturated heterocycles. The third-order valence-electron chi connectivity index (χ3n) is 2.37. The molecule has 0 aliphatic carbocycles. The summed E-state index contributed by atoms with van der Waals surface area (Å²) in [6, 6.07) is 1.03. The third-order valence-corrected chi connectivity index (χ3v) is 6.04. The Labute approximate surface area is 80.8 Å². The summed E-state index contributed by atoms with van der Waals surface area (Å²) in [7, 11) is 0. The zero-order chi connectivity index (χ0) is 8.27. The summed E-state index contributed by atoms with van der Waals surface area (Å²) in [6.45, 7) is 9.04. The third kappa shape index (κ3) is 2.08. The van der Waals surface area contributed by atoms with Gasteiger partial charge in [-0.05, 0) is 0 Å². The zero-order valence-electron chi connectivity index (χ0n) is 7.81. The van der Waals surface area contributed by atoms with Crippen LogP contribution in [0.2, 0.25) is 0 Å². The van der Waals surface area contributed by atoms with E-state index in [1.54, 1.807) is 10.8 Å². The molecule has 2 atom stereocenters. The Kier molecular flexibility index (Phi) is 4.13. The second-order valence-corrected chi connectivity index (χ2v) is 6.41. The van der Waals surface area contributed by atoms with Gasteiger partial charge in [0, 0.05) is 0 Å². The minimum absolute atomic E-state index is 0.651. The van der Waals surface area contributed by atoms with Crippen LogP contribution in [0.3, 0.4) is 0 Å². The van der Waals surface area contributed by atoms with Crippen molar-refractivity contribution in [1.82, 2.24) is 4.90 Å². The molecule has 2 aliphatic rings. The van der Waals surface area contributed by atoms with Crippen LogP contribution in [0.1, 0.15) is 27.2 Å². The quantitative estimate of drug-likeness (QED) is 0.417. The molecule has 11 heavy (non-hydrogen) atoms. The number of hydrogen-bond acceptors (Lipinski definition) is 1. The van der Waals surface area contributed by atoms with E-state index in [0.29, 0.717) is 21.2 Å². The molecule has 1 nitrogen and oxygen atoms in total. The fraction of sp³-hybridized carbons (Fsp3) is 1.00. The topological polar surface area (TPSA) is 3.24 Å². The summed E-state index contributed by atoms with van der Waals surface area (Å²) in [5.74, 6) is 0. The van der Waals surface area contributed by atoms with Crippen molar-refractivity contribution in [3.63, 3.8) is 0 Å². The van der Waals surface area contributed by atoms with Gasteiger partial charge in [-0.15, -0.1) is 0 Å². The van der Waals surface area contributed by atoms with Gasteiger partial charge in [0.05, 0.1) is 0 Å². The van der Waals surface area contributed by atoms with E-state index >= 15 is 0 Å². The van der Waals surface area contributed by atoms with Crippen molar-refractivity contribution in [3.8, 4) is 0 Å². The number of hydrogen-bond donors (Lipinski definition) is 0. The average Bonchev–Trinajstić information content (AvgIpc) is 2.67. The molecule has 68 valence electrons. The fourth-order valence-electron chi connectivity index (χ4n) is 1.81. The van der Waals surface area contributed by atoms with E-state index in [1.807, 2.05) is 13.8 Å². The van der Waals surface area contributed by atoms with Crippen molar-refractivity contribution >= 4 is 0 Å². The van der Waals surface area contributed by atoms with E-state index in [1.165, 1.54) is 17.0 Å². The van der Waals surface area contributed by atoms with E-state index < -0.39 is 0 Å². The van der Waals surface area contributed by atoms with Gasteiger partial charge in [0.15, 0.2) is 0 Å². The van der Waals surface area contributed by atoms with Crippen molar-refractivity contribution < 1.29 is 21.2 Å². The first kappa shape index (κ1) is 9.78. The van der Waals surface area contributed by atoms with Crippen LogP contribution in [0.15, 0.2) is 0 Å². The van der Waals surface area contributed by atoms with Gasteiger partial charge in [-0.1, -0.05) is 13.8 Å². The molecule has 0 aromatic heterocycles. The molecule has 0 N–H and O–H groups in total. The van der Waals surface area contributed by atoms with Crippen LogP contribution in [-0.2, 0) is 0 Å².